The van der Waals surface area contributed by atoms with Gasteiger partial charge in [-0.1, -0.05) is 93.6 Å². The summed E-state index contributed by atoms with van der Waals surface area (Å²) in [7, 11) is 5.24. The van der Waals surface area contributed by atoms with E-state index in [1.807, 2.05) is 7.11 Å². The molecule has 3 aromatic rings. The van der Waals surface area contributed by atoms with Crippen LogP contribution in [0.1, 0.15) is 131 Å². The van der Waals surface area contributed by atoms with Crippen LogP contribution >= 0.6 is 0 Å². The van der Waals surface area contributed by atoms with Crippen molar-refractivity contribution in [1.29, 1.82) is 0 Å². The van der Waals surface area contributed by atoms with Gasteiger partial charge in [0.15, 0.2) is 0 Å². The van der Waals surface area contributed by atoms with Crippen molar-refractivity contribution < 1.29 is 14.2 Å². The molecule has 0 saturated heterocycles. The number of hydrogen-bond donors (Lipinski definition) is 0. The molecule has 3 saturated carbocycles. The second-order valence-electron chi connectivity index (χ2n) is 14.1. The first-order chi connectivity index (χ1) is 21.9. The summed E-state index contributed by atoms with van der Waals surface area (Å²) >= 11 is 0. The van der Waals surface area contributed by atoms with Crippen molar-refractivity contribution in [3.63, 3.8) is 0 Å². The average molecular weight is 613 g/mol. The highest BCUT2D eigenvalue weighted by molar-refractivity contribution is 5.30. The molecule has 0 amide bonds. The maximum absolute atomic E-state index is 5.39. The monoisotopic (exact) mass is 612 g/mol. The summed E-state index contributed by atoms with van der Waals surface area (Å²) in [4.78, 5) is 0. The van der Waals surface area contributed by atoms with Crippen LogP contribution in [-0.2, 0) is 4.74 Å². The molecule has 3 nitrogen and oxygen atoms in total. The van der Waals surface area contributed by atoms with Gasteiger partial charge in [-0.15, -0.1) is 0 Å². The number of hydrogen-bond acceptors (Lipinski definition) is 3. The number of rotatable bonds is 6. The van der Waals surface area contributed by atoms with Crippen molar-refractivity contribution in [3.05, 3.63) is 95.1 Å². The molecule has 3 aliphatic carbocycles. The lowest BCUT2D eigenvalue weighted by atomic mass is 9.79. The van der Waals surface area contributed by atoms with Crippen LogP contribution in [0.5, 0.6) is 11.5 Å². The topological polar surface area (TPSA) is 27.7 Å². The molecule has 3 aliphatic rings. The van der Waals surface area contributed by atoms with Gasteiger partial charge in [-0.3, -0.25) is 0 Å². The van der Waals surface area contributed by atoms with E-state index in [9.17, 15) is 0 Å². The normalized spacial score (nSPS) is 26.4. The first-order valence-electron chi connectivity index (χ1n) is 17.8. The third kappa shape index (κ3) is 11.2. The van der Waals surface area contributed by atoms with E-state index in [0.29, 0.717) is 12.0 Å². The van der Waals surface area contributed by atoms with Crippen LogP contribution in [0.4, 0.5) is 0 Å². The molecule has 3 fully saturated rings. The Balaban J connectivity index is 0.000000154. The minimum Gasteiger partial charge on any atom is -0.497 e. The SMILES string of the molecule is COc1ccc(C2CCC(C)CC2)cc1.COc1ccc(C2CCC(OC)CC2)cc1.Cc1ccc(C2CCC(C)CC2)cc1. The van der Waals surface area contributed by atoms with Gasteiger partial charge < -0.3 is 14.2 Å². The minimum atomic E-state index is 0.481. The third-order valence-corrected chi connectivity index (χ3v) is 10.8. The molecule has 246 valence electrons. The standard InChI is InChI=1S/C14H20O2.C14H20O.C14H20/c1-15-13-7-3-11(4-8-13)12-5-9-14(16-2)10-6-12;1-11-3-5-12(6-4-11)13-7-9-14(15-2)10-8-13;1-11-3-7-13(8-4-11)14-9-5-12(2)6-10-14/h3-4,7-8,12,14H,5-6,9-10H2,1-2H3;7-12H,3-6H2,1-2H3;3-4,7-8,12,14H,5-6,9-10H2,1-2H3. The van der Waals surface area contributed by atoms with Gasteiger partial charge in [-0.2, -0.15) is 0 Å². The fourth-order valence-electron chi connectivity index (χ4n) is 7.41. The molecule has 0 aliphatic heterocycles. The highest BCUT2D eigenvalue weighted by Gasteiger charge is 2.22. The molecule has 0 aromatic heterocycles. The van der Waals surface area contributed by atoms with Crippen LogP contribution in [0.25, 0.3) is 0 Å². The fraction of sp³-hybridized carbons (Fsp3) is 0.571. The summed E-state index contributed by atoms with van der Waals surface area (Å²) in [5, 5.41) is 0. The van der Waals surface area contributed by atoms with E-state index in [-0.39, 0.29) is 0 Å². The summed E-state index contributed by atoms with van der Waals surface area (Å²) in [6.07, 6.45) is 16.4. The van der Waals surface area contributed by atoms with E-state index < -0.39 is 0 Å². The summed E-state index contributed by atoms with van der Waals surface area (Å²) in [5.74, 6) is 6.12. The highest BCUT2D eigenvalue weighted by Crippen LogP contribution is 2.37. The number of ether oxygens (including phenoxy) is 3. The predicted octanol–water partition coefficient (Wildman–Crippen LogP) is 11.6. The van der Waals surface area contributed by atoms with Crippen LogP contribution in [0, 0.1) is 18.8 Å². The molecule has 0 spiro atoms. The van der Waals surface area contributed by atoms with Crippen molar-refractivity contribution >= 4 is 0 Å². The van der Waals surface area contributed by atoms with Crippen LogP contribution in [-0.4, -0.2) is 27.4 Å². The van der Waals surface area contributed by atoms with E-state index in [1.165, 1.54) is 93.7 Å². The first-order valence-corrected chi connectivity index (χ1v) is 17.8. The highest BCUT2D eigenvalue weighted by atomic mass is 16.5. The van der Waals surface area contributed by atoms with Gasteiger partial charge >= 0.3 is 0 Å². The molecular formula is C42H60O3. The Morgan fingerprint density at radius 1 is 0.422 bits per heavy atom. The Labute approximate surface area is 275 Å². The summed E-state index contributed by atoms with van der Waals surface area (Å²) in [6.45, 7) is 6.91. The van der Waals surface area contributed by atoms with Crippen LogP contribution in [0.15, 0.2) is 72.8 Å². The van der Waals surface area contributed by atoms with Crippen LogP contribution < -0.4 is 9.47 Å². The largest absolute Gasteiger partial charge is 0.497 e. The molecule has 0 N–H and O–H groups in total. The van der Waals surface area contributed by atoms with E-state index in [1.54, 1.807) is 19.8 Å². The quantitative estimate of drug-likeness (QED) is 0.277. The van der Waals surface area contributed by atoms with Gasteiger partial charge in [-0.05, 0) is 129 Å². The Hall–Kier alpha value is -2.78. The summed E-state index contributed by atoms with van der Waals surface area (Å²) in [6, 6.07) is 26.2. The molecule has 3 aromatic carbocycles. The number of aryl methyl sites for hydroxylation is 1. The van der Waals surface area contributed by atoms with Gasteiger partial charge in [-0.25, -0.2) is 0 Å². The van der Waals surface area contributed by atoms with E-state index in [2.05, 4.69) is 93.6 Å². The van der Waals surface area contributed by atoms with Crippen molar-refractivity contribution in [2.24, 2.45) is 11.8 Å². The van der Waals surface area contributed by atoms with Crippen LogP contribution in [0.2, 0.25) is 0 Å². The molecule has 0 heterocycles. The molecule has 0 atom stereocenters. The van der Waals surface area contributed by atoms with Gasteiger partial charge in [0.05, 0.1) is 20.3 Å². The smallest absolute Gasteiger partial charge is 0.118 e. The zero-order valence-electron chi connectivity index (χ0n) is 29.1. The van der Waals surface area contributed by atoms with E-state index >= 15 is 0 Å². The minimum absolute atomic E-state index is 0.481. The Bertz CT molecular complexity index is 1190. The van der Waals surface area contributed by atoms with Gasteiger partial charge in [0.1, 0.15) is 11.5 Å². The molecule has 0 unspecified atom stereocenters. The predicted molar refractivity (Wildman–Crippen MR) is 190 cm³/mol. The summed E-state index contributed by atoms with van der Waals surface area (Å²) in [5.41, 5.74) is 5.86. The molecule has 6 rings (SSSR count). The Morgan fingerprint density at radius 2 is 0.733 bits per heavy atom. The zero-order chi connectivity index (χ0) is 32.0. The Morgan fingerprint density at radius 3 is 1.04 bits per heavy atom. The third-order valence-electron chi connectivity index (χ3n) is 10.8. The van der Waals surface area contributed by atoms with Crippen molar-refractivity contribution in [1.82, 2.24) is 0 Å². The molecule has 0 radical (unpaired) electrons. The second-order valence-corrected chi connectivity index (χ2v) is 14.1. The van der Waals surface area contributed by atoms with Crippen molar-refractivity contribution in [3.8, 4) is 11.5 Å². The van der Waals surface area contributed by atoms with Gasteiger partial charge in [0.2, 0.25) is 0 Å². The van der Waals surface area contributed by atoms with E-state index in [0.717, 1.165) is 35.2 Å². The van der Waals surface area contributed by atoms with Crippen molar-refractivity contribution in [2.45, 2.75) is 122 Å². The average Bonchev–Trinajstić information content (AvgIpc) is 3.10. The Kier molecular flexibility index (Phi) is 14.3. The second kappa shape index (κ2) is 18.4. The fourth-order valence-corrected chi connectivity index (χ4v) is 7.41. The molecular weight excluding hydrogens is 552 g/mol. The molecule has 3 heteroatoms. The van der Waals surface area contributed by atoms with Gasteiger partial charge in [0, 0.05) is 7.11 Å². The maximum Gasteiger partial charge on any atom is 0.118 e. The molecule has 0 bridgehead atoms. The van der Waals surface area contributed by atoms with Gasteiger partial charge in [0.25, 0.3) is 0 Å². The lowest BCUT2D eigenvalue weighted by Crippen LogP contribution is -2.19. The molecule has 45 heavy (non-hydrogen) atoms. The lowest BCUT2D eigenvalue weighted by molar-refractivity contribution is 0.0658. The number of methoxy groups -OCH3 is 3. The maximum atomic E-state index is 5.39. The van der Waals surface area contributed by atoms with Crippen LogP contribution in [0.3, 0.4) is 0 Å². The van der Waals surface area contributed by atoms with Crippen molar-refractivity contribution in [2.75, 3.05) is 21.3 Å². The number of benzene rings is 3. The lowest BCUT2D eigenvalue weighted by Gasteiger charge is -2.27. The zero-order valence-corrected chi connectivity index (χ0v) is 29.1. The first kappa shape index (κ1) is 35.1. The summed E-state index contributed by atoms with van der Waals surface area (Å²) < 4.78 is 15.7. The van der Waals surface area contributed by atoms with E-state index in [4.69, 9.17) is 14.2 Å².